The fourth-order valence-corrected chi connectivity index (χ4v) is 2.71. The molecular formula is C16H16F3N5O2. The molecule has 0 radical (unpaired) electrons. The molecule has 26 heavy (non-hydrogen) atoms. The second kappa shape index (κ2) is 7.14. The number of hydrogen-bond acceptors (Lipinski definition) is 5. The third-order valence-corrected chi connectivity index (χ3v) is 4.12. The Morgan fingerprint density at radius 1 is 1.12 bits per heavy atom. The molecule has 0 spiro atoms. The lowest BCUT2D eigenvalue weighted by molar-refractivity contribution is -0.138. The van der Waals surface area contributed by atoms with Crippen LogP contribution in [0.1, 0.15) is 5.56 Å². The number of pyridine rings is 1. The number of aromatic nitrogens is 3. The van der Waals surface area contributed by atoms with Gasteiger partial charge < -0.3 is 14.4 Å². The van der Waals surface area contributed by atoms with Crippen LogP contribution in [0.15, 0.2) is 41.7 Å². The highest BCUT2D eigenvalue weighted by Crippen LogP contribution is 2.28. The lowest BCUT2D eigenvalue weighted by Gasteiger charge is -2.35. The number of carbonyl (C=O) groups is 1. The zero-order valence-corrected chi connectivity index (χ0v) is 13.7. The van der Waals surface area contributed by atoms with Crippen LogP contribution in [0.4, 0.5) is 19.0 Å². The van der Waals surface area contributed by atoms with Crippen molar-refractivity contribution in [3.8, 4) is 0 Å². The fraction of sp³-hybridized carbons (Fsp3) is 0.375. The largest absolute Gasteiger partial charge is 0.417 e. The number of amides is 1. The lowest BCUT2D eigenvalue weighted by Crippen LogP contribution is -2.50. The summed E-state index contributed by atoms with van der Waals surface area (Å²) >= 11 is 0. The molecular weight excluding hydrogens is 351 g/mol. The summed E-state index contributed by atoms with van der Waals surface area (Å²) in [5.41, 5.74) is -1.61. The molecule has 2 aromatic rings. The van der Waals surface area contributed by atoms with Gasteiger partial charge in [-0.25, -0.2) is 4.98 Å². The van der Waals surface area contributed by atoms with Crippen LogP contribution in [0.25, 0.3) is 0 Å². The van der Waals surface area contributed by atoms with Gasteiger partial charge in [-0.05, 0) is 6.07 Å². The average Bonchev–Trinajstić information content (AvgIpc) is 2.63. The van der Waals surface area contributed by atoms with E-state index in [1.807, 2.05) is 4.90 Å². The Hall–Kier alpha value is -2.91. The van der Waals surface area contributed by atoms with E-state index in [2.05, 4.69) is 9.97 Å². The van der Waals surface area contributed by atoms with Gasteiger partial charge in [-0.2, -0.15) is 13.2 Å². The van der Waals surface area contributed by atoms with E-state index in [1.165, 1.54) is 4.90 Å². The van der Waals surface area contributed by atoms with E-state index >= 15 is 0 Å². The van der Waals surface area contributed by atoms with Crippen LogP contribution in [0, 0.1) is 0 Å². The number of nitrogens with zero attached hydrogens (tertiary/aromatic N) is 5. The van der Waals surface area contributed by atoms with E-state index in [-0.39, 0.29) is 0 Å². The van der Waals surface area contributed by atoms with E-state index < -0.39 is 29.8 Å². The van der Waals surface area contributed by atoms with Gasteiger partial charge in [0.25, 0.3) is 5.56 Å². The second-order valence-electron chi connectivity index (χ2n) is 5.81. The van der Waals surface area contributed by atoms with Gasteiger partial charge in [0, 0.05) is 50.8 Å². The van der Waals surface area contributed by atoms with Crippen molar-refractivity contribution in [1.29, 1.82) is 0 Å². The van der Waals surface area contributed by atoms with E-state index in [4.69, 9.17) is 0 Å². The highest BCUT2D eigenvalue weighted by Gasteiger charge is 2.31. The molecule has 0 unspecified atom stereocenters. The molecule has 0 N–H and O–H groups in total. The maximum absolute atomic E-state index is 12.8. The predicted molar refractivity (Wildman–Crippen MR) is 86.5 cm³/mol. The van der Waals surface area contributed by atoms with Gasteiger partial charge in [0.2, 0.25) is 5.91 Å². The Balaban J connectivity index is 1.64. The fourth-order valence-electron chi connectivity index (χ4n) is 2.71. The van der Waals surface area contributed by atoms with Gasteiger partial charge in [0.15, 0.2) is 0 Å². The molecule has 7 nitrogen and oxygen atoms in total. The minimum Gasteiger partial charge on any atom is -0.352 e. The average molecular weight is 367 g/mol. The summed E-state index contributed by atoms with van der Waals surface area (Å²) in [6.45, 7) is 1.42. The standard InChI is InChI=1S/C16H16F3N5O2/c17-16(18,19)12-1-2-14(25)24(10-12)11-15(26)23-7-5-22(6-8-23)13-9-20-3-4-21-13/h1-4,9-10H,5-8,11H2. The summed E-state index contributed by atoms with van der Waals surface area (Å²) < 4.78 is 39.1. The first kappa shape index (κ1) is 17.9. The number of rotatable bonds is 3. The van der Waals surface area contributed by atoms with Crippen LogP contribution in [0.3, 0.4) is 0 Å². The maximum Gasteiger partial charge on any atom is 0.417 e. The molecule has 3 rings (SSSR count). The summed E-state index contributed by atoms with van der Waals surface area (Å²) in [5.74, 6) is 0.305. The highest BCUT2D eigenvalue weighted by atomic mass is 19.4. The number of anilines is 1. The van der Waals surface area contributed by atoms with Gasteiger partial charge in [-0.1, -0.05) is 0 Å². The lowest BCUT2D eigenvalue weighted by atomic mass is 10.2. The van der Waals surface area contributed by atoms with Crippen molar-refractivity contribution in [2.24, 2.45) is 0 Å². The van der Waals surface area contributed by atoms with E-state index in [1.54, 1.807) is 18.6 Å². The van der Waals surface area contributed by atoms with Crippen molar-refractivity contribution in [2.75, 3.05) is 31.1 Å². The van der Waals surface area contributed by atoms with Crippen LogP contribution >= 0.6 is 0 Å². The van der Waals surface area contributed by atoms with Gasteiger partial charge >= 0.3 is 6.18 Å². The van der Waals surface area contributed by atoms with Crippen LogP contribution in [0.5, 0.6) is 0 Å². The first-order chi connectivity index (χ1) is 12.3. The van der Waals surface area contributed by atoms with Crippen LogP contribution < -0.4 is 10.5 Å². The summed E-state index contributed by atoms with van der Waals surface area (Å²) in [7, 11) is 0. The van der Waals surface area contributed by atoms with E-state index in [0.717, 1.165) is 10.6 Å². The van der Waals surface area contributed by atoms with E-state index in [9.17, 15) is 22.8 Å². The number of halogens is 3. The third kappa shape index (κ3) is 4.01. The number of hydrogen-bond donors (Lipinski definition) is 0. The SMILES string of the molecule is O=C(Cn1cc(C(F)(F)F)ccc1=O)N1CCN(c2cnccn2)CC1. The molecule has 1 amide bonds. The smallest absolute Gasteiger partial charge is 0.352 e. The Labute approximate surface area is 146 Å². The number of carbonyl (C=O) groups excluding carboxylic acids is 1. The maximum atomic E-state index is 12.8. The zero-order chi connectivity index (χ0) is 18.7. The summed E-state index contributed by atoms with van der Waals surface area (Å²) in [6, 6.07) is 1.53. The molecule has 1 aliphatic heterocycles. The van der Waals surface area contributed by atoms with Crippen LogP contribution in [-0.2, 0) is 17.5 Å². The first-order valence-electron chi connectivity index (χ1n) is 7.91. The number of piperazine rings is 1. The van der Waals surface area contributed by atoms with Crippen molar-refractivity contribution < 1.29 is 18.0 Å². The molecule has 138 valence electrons. The van der Waals surface area contributed by atoms with Gasteiger partial charge in [0.05, 0.1) is 11.8 Å². The molecule has 0 atom stereocenters. The quantitative estimate of drug-likeness (QED) is 0.810. The minimum atomic E-state index is -4.57. The molecule has 0 aliphatic carbocycles. The first-order valence-corrected chi connectivity index (χ1v) is 7.91. The Morgan fingerprint density at radius 3 is 2.46 bits per heavy atom. The molecule has 2 aromatic heterocycles. The van der Waals surface area contributed by atoms with Gasteiger partial charge in [0.1, 0.15) is 12.4 Å². The summed E-state index contributed by atoms with van der Waals surface area (Å²) in [6.07, 6.45) is 0.875. The predicted octanol–water partition coefficient (Wildman–Crippen LogP) is 1.01. The molecule has 0 aromatic carbocycles. The van der Waals surface area contributed by atoms with Crippen LogP contribution in [0.2, 0.25) is 0 Å². The summed E-state index contributed by atoms with van der Waals surface area (Å²) in [4.78, 5) is 35.8. The summed E-state index contributed by atoms with van der Waals surface area (Å²) in [5, 5.41) is 0. The molecule has 1 saturated heterocycles. The van der Waals surface area contributed by atoms with Crippen molar-refractivity contribution >= 4 is 11.7 Å². The topological polar surface area (TPSA) is 71.3 Å². The Bertz CT molecular complexity index is 830. The molecule has 10 heteroatoms. The monoisotopic (exact) mass is 367 g/mol. The Kier molecular flexibility index (Phi) is 4.92. The number of alkyl halides is 3. The van der Waals surface area contributed by atoms with Crippen LogP contribution in [-0.4, -0.2) is 51.5 Å². The van der Waals surface area contributed by atoms with Crippen molar-refractivity contribution in [3.63, 3.8) is 0 Å². The molecule has 1 aliphatic rings. The molecule has 0 bridgehead atoms. The zero-order valence-electron chi connectivity index (χ0n) is 13.7. The minimum absolute atomic E-state index is 0.392. The van der Waals surface area contributed by atoms with Crippen molar-refractivity contribution in [3.05, 3.63) is 52.8 Å². The molecule has 0 saturated carbocycles. The third-order valence-electron chi connectivity index (χ3n) is 4.12. The second-order valence-corrected chi connectivity index (χ2v) is 5.81. The van der Waals surface area contributed by atoms with Gasteiger partial charge in [-0.3, -0.25) is 14.6 Å². The Morgan fingerprint density at radius 2 is 1.85 bits per heavy atom. The highest BCUT2D eigenvalue weighted by molar-refractivity contribution is 5.76. The molecule has 1 fully saturated rings. The van der Waals surface area contributed by atoms with Crippen molar-refractivity contribution in [1.82, 2.24) is 19.4 Å². The van der Waals surface area contributed by atoms with Crippen molar-refractivity contribution in [2.45, 2.75) is 12.7 Å². The molecule has 3 heterocycles. The normalized spacial score (nSPS) is 15.2. The van der Waals surface area contributed by atoms with E-state index in [0.29, 0.717) is 44.3 Å². The van der Waals surface area contributed by atoms with Gasteiger partial charge in [-0.15, -0.1) is 0 Å².